The highest BCUT2D eigenvalue weighted by atomic mass is 16.3. The van der Waals surface area contributed by atoms with Crippen molar-refractivity contribution < 1.29 is 8.83 Å². The highest BCUT2D eigenvalue weighted by molar-refractivity contribution is 6.14. The van der Waals surface area contributed by atoms with E-state index in [9.17, 15) is 0 Å². The van der Waals surface area contributed by atoms with Crippen LogP contribution < -0.4 is 0 Å². The minimum absolute atomic E-state index is 0.463. The van der Waals surface area contributed by atoms with Gasteiger partial charge in [-0.05, 0) is 146 Å². The number of para-hydroxylation sites is 1. The Hall–Kier alpha value is -9.97. The number of aryl methyl sites for hydroxylation is 2. The van der Waals surface area contributed by atoms with Gasteiger partial charge in [0, 0.05) is 38.2 Å². The summed E-state index contributed by atoms with van der Waals surface area (Å²) in [6.07, 6.45) is 6.50. The average Bonchev–Trinajstić information content (AvgIpc) is 4.43. The van der Waals surface area contributed by atoms with E-state index in [1.165, 1.54) is 66.8 Å². The Labute approximate surface area is 451 Å². The van der Waals surface area contributed by atoms with E-state index >= 15 is 0 Å². The summed E-state index contributed by atoms with van der Waals surface area (Å²) in [5.74, 6) is 1.68. The van der Waals surface area contributed by atoms with Crippen LogP contribution in [-0.4, -0.2) is 15.0 Å². The molecule has 2 aliphatic carbocycles. The van der Waals surface area contributed by atoms with Gasteiger partial charge in [0.25, 0.3) is 0 Å². The van der Waals surface area contributed by atoms with Gasteiger partial charge in [0.2, 0.25) is 0 Å². The van der Waals surface area contributed by atoms with Gasteiger partial charge in [-0.1, -0.05) is 201 Å². The molecule has 0 N–H and O–H groups in total. The molecule has 3 aromatic heterocycles. The fourth-order valence-electron chi connectivity index (χ4n) is 13.0. The highest BCUT2D eigenvalue weighted by Gasteiger charge is 2.52. The first-order valence-corrected chi connectivity index (χ1v) is 26.6. The molecule has 0 bridgehead atoms. The van der Waals surface area contributed by atoms with Crippen LogP contribution in [0.2, 0.25) is 0 Å². The smallest absolute Gasteiger partial charge is 0.164 e. The molecule has 0 radical (unpaired) electrons. The van der Waals surface area contributed by atoms with Crippen LogP contribution in [0.1, 0.15) is 40.3 Å². The Balaban J connectivity index is 0.868. The second-order valence-corrected chi connectivity index (χ2v) is 20.6. The van der Waals surface area contributed by atoms with Crippen LogP contribution in [0.4, 0.5) is 0 Å². The lowest BCUT2D eigenvalue weighted by atomic mass is 9.69. The lowest BCUT2D eigenvalue weighted by Crippen LogP contribution is -2.26. The van der Waals surface area contributed by atoms with Gasteiger partial charge in [0.05, 0.1) is 5.41 Å². The molecule has 2 aliphatic rings. The molecule has 5 heteroatoms. The van der Waals surface area contributed by atoms with Crippen LogP contribution in [-0.2, 0) is 5.41 Å². The minimum atomic E-state index is -0.463. The maximum absolute atomic E-state index is 6.67. The number of allylic oxidation sites excluding steroid dienone is 5. The second-order valence-electron chi connectivity index (χ2n) is 20.6. The summed E-state index contributed by atoms with van der Waals surface area (Å²) in [4.78, 5) is 16.1. The predicted octanol–water partition coefficient (Wildman–Crippen LogP) is 19.1. The lowest BCUT2D eigenvalue weighted by Gasteiger charge is -2.31. The summed E-state index contributed by atoms with van der Waals surface area (Å²) in [6.45, 7) is 10.8. The highest BCUT2D eigenvalue weighted by Crippen LogP contribution is 2.63. The number of hydrogen-bond donors (Lipinski definition) is 0. The van der Waals surface area contributed by atoms with Crippen LogP contribution in [0.5, 0.6) is 0 Å². The van der Waals surface area contributed by atoms with E-state index in [-0.39, 0.29) is 0 Å². The van der Waals surface area contributed by atoms with E-state index < -0.39 is 5.41 Å². The van der Waals surface area contributed by atoms with Crippen molar-refractivity contribution in [2.45, 2.75) is 26.2 Å². The molecule has 0 amide bonds. The SMILES string of the molecule is C=CC1=C(/C=C\C)C2(c3ccccc31)c1ccccc1-c1c(-c3ccc(-c4ccc5oc6cccc(-c7nc(-c8ccc(C)c(-c9ccccc9C)c8)nc(-c8cccc9oc%10ccccc%10c89)n7)c6c5c4)cc3)cccc12. The Morgan fingerprint density at radius 2 is 0.923 bits per heavy atom. The normalized spacial score (nSPS) is 14.6. The van der Waals surface area contributed by atoms with Crippen molar-refractivity contribution in [1.29, 1.82) is 0 Å². The maximum atomic E-state index is 6.67. The molecular weight excluding hydrogens is 951 g/mol. The van der Waals surface area contributed by atoms with Gasteiger partial charge >= 0.3 is 0 Å². The molecule has 0 aliphatic heterocycles. The van der Waals surface area contributed by atoms with Crippen molar-refractivity contribution in [3.8, 4) is 78.7 Å². The molecule has 13 aromatic rings. The summed E-state index contributed by atoms with van der Waals surface area (Å²) in [5, 5.41) is 3.89. The van der Waals surface area contributed by atoms with E-state index in [4.69, 9.17) is 23.8 Å². The standard InChI is InChI=1S/C73H49N3O2/c1-5-18-59-49(6-2)52-21-9-12-27-60(52)73(59)61-28-13-10-22-53(61)67-51(24-15-29-62(67)73)46-37-35-45(36-38-46)47-39-40-64-58(41-47)69-56(26-17-32-66(69)78-64)72-75-70(48-34-33-44(4)57(42-48)50-20-8-7-19-43(50)3)74-71(76-72)55-25-16-31-65-68(55)54-23-11-14-30-63(54)77-65/h5-42H,2H2,1,3-4H3/b18-5-. The molecule has 15 rings (SSSR count). The lowest BCUT2D eigenvalue weighted by molar-refractivity contribution is 0.668. The molecule has 1 atom stereocenters. The van der Waals surface area contributed by atoms with Crippen molar-refractivity contribution in [2.75, 3.05) is 0 Å². The fraction of sp³-hybridized carbons (Fsp3) is 0.0548. The Bertz CT molecular complexity index is 4740. The van der Waals surface area contributed by atoms with E-state index in [0.29, 0.717) is 17.5 Å². The Morgan fingerprint density at radius 1 is 0.397 bits per heavy atom. The number of rotatable bonds is 8. The first-order chi connectivity index (χ1) is 38.4. The first kappa shape index (κ1) is 45.4. The molecule has 368 valence electrons. The first-order valence-electron chi connectivity index (χ1n) is 26.6. The summed E-state index contributed by atoms with van der Waals surface area (Å²) in [7, 11) is 0. The van der Waals surface area contributed by atoms with E-state index in [1.807, 2.05) is 48.5 Å². The zero-order valence-corrected chi connectivity index (χ0v) is 43.3. The molecule has 0 fully saturated rings. The summed E-state index contributed by atoms with van der Waals surface area (Å²) in [6, 6.07) is 75.6. The van der Waals surface area contributed by atoms with Crippen LogP contribution in [0.15, 0.2) is 252 Å². The Kier molecular flexibility index (Phi) is 10.2. The third-order valence-corrected chi connectivity index (χ3v) is 16.4. The quantitative estimate of drug-likeness (QED) is 0.152. The molecule has 5 nitrogen and oxygen atoms in total. The number of benzene rings is 10. The molecule has 1 unspecified atom stereocenters. The van der Waals surface area contributed by atoms with Crippen molar-refractivity contribution in [1.82, 2.24) is 15.0 Å². The zero-order chi connectivity index (χ0) is 52.2. The molecule has 3 heterocycles. The van der Waals surface area contributed by atoms with Crippen LogP contribution in [0.3, 0.4) is 0 Å². The minimum Gasteiger partial charge on any atom is -0.456 e. The molecular formula is C73H49N3O2. The second kappa shape index (κ2) is 17.6. The molecule has 0 saturated carbocycles. The zero-order valence-electron chi connectivity index (χ0n) is 43.3. The van der Waals surface area contributed by atoms with Gasteiger partial charge in [0.15, 0.2) is 17.5 Å². The van der Waals surface area contributed by atoms with Gasteiger partial charge in [-0.25, -0.2) is 15.0 Å². The van der Waals surface area contributed by atoms with Crippen molar-refractivity contribution >= 4 is 49.5 Å². The number of hydrogen-bond acceptors (Lipinski definition) is 5. The number of nitrogens with zero attached hydrogens (tertiary/aromatic N) is 3. The number of furan rings is 2. The topological polar surface area (TPSA) is 65.0 Å². The van der Waals surface area contributed by atoms with Crippen molar-refractivity contribution in [2.24, 2.45) is 0 Å². The summed E-state index contributed by atoms with van der Waals surface area (Å²) in [5.41, 5.74) is 24.7. The maximum Gasteiger partial charge on any atom is 0.164 e. The van der Waals surface area contributed by atoms with Crippen molar-refractivity contribution in [3.05, 3.63) is 276 Å². The predicted molar refractivity (Wildman–Crippen MR) is 320 cm³/mol. The van der Waals surface area contributed by atoms with E-state index in [1.54, 1.807) is 0 Å². The third-order valence-electron chi connectivity index (χ3n) is 16.4. The van der Waals surface area contributed by atoms with Gasteiger partial charge in [0.1, 0.15) is 22.3 Å². The molecule has 0 saturated heterocycles. The van der Waals surface area contributed by atoms with Crippen molar-refractivity contribution in [3.63, 3.8) is 0 Å². The molecule has 10 aromatic carbocycles. The van der Waals surface area contributed by atoms with Gasteiger partial charge < -0.3 is 8.83 Å². The van der Waals surface area contributed by atoms with E-state index in [0.717, 1.165) is 82.8 Å². The number of aromatic nitrogens is 3. The fourth-order valence-corrected chi connectivity index (χ4v) is 13.0. The van der Waals surface area contributed by atoms with Crippen LogP contribution in [0.25, 0.3) is 128 Å². The third kappa shape index (κ3) is 6.64. The van der Waals surface area contributed by atoms with Gasteiger partial charge in [-0.3, -0.25) is 0 Å². The monoisotopic (exact) mass is 999 g/mol. The van der Waals surface area contributed by atoms with E-state index in [2.05, 4.69) is 209 Å². The largest absolute Gasteiger partial charge is 0.456 e. The number of fused-ring (bicyclic) bond motifs is 13. The van der Waals surface area contributed by atoms with Gasteiger partial charge in [-0.2, -0.15) is 0 Å². The molecule has 1 spiro atoms. The summed E-state index contributed by atoms with van der Waals surface area (Å²) >= 11 is 0. The summed E-state index contributed by atoms with van der Waals surface area (Å²) < 4.78 is 13.1. The van der Waals surface area contributed by atoms with Gasteiger partial charge in [-0.15, -0.1) is 0 Å². The average molecular weight is 1000 g/mol. The van der Waals surface area contributed by atoms with Crippen LogP contribution in [0, 0.1) is 13.8 Å². The van der Waals surface area contributed by atoms with Crippen LogP contribution >= 0.6 is 0 Å². The Morgan fingerprint density at radius 3 is 1.65 bits per heavy atom. The molecule has 78 heavy (non-hydrogen) atoms.